The molecule has 8 heteroatoms. The van der Waals surface area contributed by atoms with Crippen molar-refractivity contribution in [3.05, 3.63) is 95.7 Å². The van der Waals surface area contributed by atoms with E-state index in [2.05, 4.69) is 18.8 Å². The molecule has 3 aromatic rings. The molecule has 1 aliphatic heterocycles. The monoisotopic (exact) mass is 520 g/mol. The van der Waals surface area contributed by atoms with Crippen LogP contribution in [0.5, 0.6) is 5.75 Å². The molecular formula is C29H32N2O5S. The van der Waals surface area contributed by atoms with E-state index >= 15 is 0 Å². The molecule has 2 aromatic carbocycles. The van der Waals surface area contributed by atoms with Gasteiger partial charge in [0.2, 0.25) is 0 Å². The smallest absolute Gasteiger partial charge is 0.338 e. The molecule has 2 heterocycles. The van der Waals surface area contributed by atoms with Crippen LogP contribution in [0.3, 0.4) is 0 Å². The molecule has 0 bridgehead atoms. The molecule has 1 aromatic heterocycles. The van der Waals surface area contributed by atoms with Gasteiger partial charge >= 0.3 is 5.97 Å². The minimum absolute atomic E-state index is 0.117. The molecule has 1 atom stereocenters. The van der Waals surface area contributed by atoms with Crippen molar-refractivity contribution in [1.82, 2.24) is 4.57 Å². The fourth-order valence-electron chi connectivity index (χ4n) is 4.34. The van der Waals surface area contributed by atoms with Gasteiger partial charge in [-0.3, -0.25) is 9.36 Å². The number of aryl methyl sites for hydroxylation is 1. The van der Waals surface area contributed by atoms with Crippen LogP contribution in [0.2, 0.25) is 0 Å². The van der Waals surface area contributed by atoms with Crippen molar-refractivity contribution in [3.63, 3.8) is 0 Å². The summed E-state index contributed by atoms with van der Waals surface area (Å²) in [6, 6.07) is 13.1. The molecule has 1 unspecified atom stereocenters. The number of carbonyl (C=O) groups excluding carboxylic acids is 1. The maximum atomic E-state index is 13.8. The zero-order valence-corrected chi connectivity index (χ0v) is 22.8. The van der Waals surface area contributed by atoms with E-state index < -0.39 is 12.0 Å². The van der Waals surface area contributed by atoms with Gasteiger partial charge < -0.3 is 14.2 Å². The SMILES string of the molecule is COCCOC(=O)C1=C(C)N=c2sc(=Cc3ccc(OC)cc3C)c(=O)n2C1c1ccc(C(C)C)cc1. The molecule has 0 N–H and O–H groups in total. The first kappa shape index (κ1) is 26.6. The topological polar surface area (TPSA) is 79.1 Å². The summed E-state index contributed by atoms with van der Waals surface area (Å²) >= 11 is 1.31. The summed E-state index contributed by atoms with van der Waals surface area (Å²) in [5.41, 5.74) is 4.60. The van der Waals surface area contributed by atoms with Crippen molar-refractivity contribution in [1.29, 1.82) is 0 Å². The summed E-state index contributed by atoms with van der Waals surface area (Å²) in [6.07, 6.45) is 1.87. The number of nitrogens with zero attached hydrogens (tertiary/aromatic N) is 2. The lowest BCUT2D eigenvalue weighted by Gasteiger charge is -2.25. The number of rotatable bonds is 8. The van der Waals surface area contributed by atoms with Crippen molar-refractivity contribution in [2.24, 2.45) is 4.99 Å². The summed E-state index contributed by atoms with van der Waals surface area (Å²) in [6.45, 7) is 8.42. The molecule has 1 aliphatic rings. The number of allylic oxidation sites excluding steroid dienone is 1. The minimum Gasteiger partial charge on any atom is -0.497 e. The third-order valence-corrected chi connectivity index (χ3v) is 7.43. The summed E-state index contributed by atoms with van der Waals surface area (Å²) < 4.78 is 18.0. The molecular weight excluding hydrogens is 488 g/mol. The number of hydrogen-bond donors (Lipinski definition) is 0. The van der Waals surface area contributed by atoms with E-state index in [9.17, 15) is 9.59 Å². The maximum Gasteiger partial charge on any atom is 0.338 e. The second kappa shape index (κ2) is 11.3. The number of esters is 1. The Labute approximate surface area is 220 Å². The average Bonchev–Trinajstić information content (AvgIpc) is 3.18. The van der Waals surface area contributed by atoms with Gasteiger partial charge in [-0.15, -0.1) is 0 Å². The maximum absolute atomic E-state index is 13.8. The Morgan fingerprint density at radius 3 is 2.46 bits per heavy atom. The molecule has 7 nitrogen and oxygen atoms in total. The van der Waals surface area contributed by atoms with Gasteiger partial charge in [0, 0.05) is 7.11 Å². The summed E-state index contributed by atoms with van der Waals surface area (Å²) in [4.78, 5) is 32.3. The minimum atomic E-state index is -0.647. The molecule has 0 spiro atoms. The number of benzene rings is 2. The fraction of sp³-hybridized carbons (Fsp3) is 0.345. The number of hydrogen-bond acceptors (Lipinski definition) is 7. The molecule has 0 radical (unpaired) electrons. The highest BCUT2D eigenvalue weighted by atomic mass is 32.1. The van der Waals surface area contributed by atoms with E-state index in [1.807, 2.05) is 55.5 Å². The van der Waals surface area contributed by atoms with E-state index in [0.717, 1.165) is 22.4 Å². The number of aromatic nitrogens is 1. The van der Waals surface area contributed by atoms with Crippen molar-refractivity contribution in [3.8, 4) is 5.75 Å². The fourth-order valence-corrected chi connectivity index (χ4v) is 5.37. The standard InChI is InChI=1S/C29H32N2O5S/c1-17(2)20-7-9-21(10-8-20)26-25(28(33)36-14-13-34-5)19(4)30-29-31(26)27(32)24(37-29)16-22-11-12-23(35-6)15-18(22)3/h7-12,15-17,26H,13-14H2,1-6H3. The Balaban J connectivity index is 1.88. The van der Waals surface area contributed by atoms with Gasteiger partial charge in [-0.2, -0.15) is 0 Å². The molecule has 0 fully saturated rings. The largest absolute Gasteiger partial charge is 0.497 e. The molecule has 194 valence electrons. The van der Waals surface area contributed by atoms with Crippen molar-refractivity contribution in [2.75, 3.05) is 27.4 Å². The first-order valence-corrected chi connectivity index (χ1v) is 13.0. The molecule has 0 amide bonds. The molecule has 37 heavy (non-hydrogen) atoms. The quantitative estimate of drug-likeness (QED) is 0.333. The van der Waals surface area contributed by atoms with Gasteiger partial charge in [0.15, 0.2) is 4.80 Å². The average molecular weight is 521 g/mol. The number of carbonyl (C=O) groups is 1. The molecule has 0 saturated heterocycles. The Hall–Kier alpha value is -3.49. The van der Waals surface area contributed by atoms with Crippen LogP contribution in [0.15, 0.2) is 63.5 Å². The van der Waals surface area contributed by atoms with Crippen LogP contribution in [-0.2, 0) is 14.3 Å². The summed E-state index contributed by atoms with van der Waals surface area (Å²) in [5.74, 6) is 0.615. The second-order valence-electron chi connectivity index (χ2n) is 9.25. The number of methoxy groups -OCH3 is 2. The lowest BCUT2D eigenvalue weighted by molar-refractivity contribution is -0.140. The van der Waals surface area contributed by atoms with Crippen molar-refractivity contribution < 1.29 is 19.0 Å². The van der Waals surface area contributed by atoms with Crippen LogP contribution in [-0.4, -0.2) is 38.0 Å². The predicted octanol–water partition coefficient (Wildman–Crippen LogP) is 3.87. The molecule has 0 saturated carbocycles. The van der Waals surface area contributed by atoms with Gasteiger partial charge in [-0.1, -0.05) is 55.5 Å². The van der Waals surface area contributed by atoms with Crippen LogP contribution < -0.4 is 19.6 Å². The molecule has 4 rings (SSSR count). The number of ether oxygens (including phenoxy) is 3. The summed E-state index contributed by atoms with van der Waals surface area (Å²) in [7, 11) is 3.17. The Bertz CT molecular complexity index is 1510. The predicted molar refractivity (Wildman–Crippen MR) is 145 cm³/mol. The van der Waals surface area contributed by atoms with Gasteiger partial charge in [-0.05, 0) is 60.2 Å². The van der Waals surface area contributed by atoms with E-state index in [4.69, 9.17) is 14.2 Å². The highest BCUT2D eigenvalue weighted by Gasteiger charge is 2.33. The van der Waals surface area contributed by atoms with Crippen LogP contribution in [0.25, 0.3) is 6.08 Å². The van der Waals surface area contributed by atoms with E-state index in [1.165, 1.54) is 16.9 Å². The first-order valence-electron chi connectivity index (χ1n) is 12.2. The zero-order chi connectivity index (χ0) is 26.7. The third kappa shape index (κ3) is 5.45. The van der Waals surface area contributed by atoms with E-state index in [0.29, 0.717) is 26.5 Å². The normalized spacial score (nSPS) is 15.5. The zero-order valence-electron chi connectivity index (χ0n) is 22.0. The Morgan fingerprint density at radius 2 is 1.84 bits per heavy atom. The second-order valence-corrected chi connectivity index (χ2v) is 10.3. The van der Waals surface area contributed by atoms with E-state index in [1.54, 1.807) is 25.7 Å². The van der Waals surface area contributed by atoms with Gasteiger partial charge in [0.1, 0.15) is 12.4 Å². The van der Waals surface area contributed by atoms with Crippen LogP contribution in [0.4, 0.5) is 0 Å². The Kier molecular flexibility index (Phi) is 8.10. The van der Waals surface area contributed by atoms with Gasteiger partial charge in [0.05, 0.1) is 35.6 Å². The van der Waals surface area contributed by atoms with Crippen molar-refractivity contribution in [2.45, 2.75) is 39.7 Å². The highest BCUT2D eigenvalue weighted by Crippen LogP contribution is 2.31. The lowest BCUT2D eigenvalue weighted by Crippen LogP contribution is -2.40. The molecule has 0 aliphatic carbocycles. The van der Waals surface area contributed by atoms with Crippen LogP contribution in [0.1, 0.15) is 55.0 Å². The van der Waals surface area contributed by atoms with Crippen LogP contribution in [0, 0.1) is 6.92 Å². The van der Waals surface area contributed by atoms with Crippen LogP contribution >= 0.6 is 11.3 Å². The van der Waals surface area contributed by atoms with E-state index in [-0.39, 0.29) is 18.8 Å². The Morgan fingerprint density at radius 1 is 1.11 bits per heavy atom. The highest BCUT2D eigenvalue weighted by molar-refractivity contribution is 7.07. The summed E-state index contributed by atoms with van der Waals surface area (Å²) in [5, 5.41) is 0. The lowest BCUT2D eigenvalue weighted by atomic mass is 9.93. The van der Waals surface area contributed by atoms with Crippen molar-refractivity contribution >= 4 is 23.4 Å². The van der Waals surface area contributed by atoms with Gasteiger partial charge in [0.25, 0.3) is 5.56 Å². The number of thiazole rings is 1. The first-order chi connectivity index (χ1) is 17.7. The third-order valence-electron chi connectivity index (χ3n) is 6.44. The number of fused-ring (bicyclic) bond motifs is 1. The van der Waals surface area contributed by atoms with Gasteiger partial charge in [-0.25, -0.2) is 9.79 Å².